The number of ketones is 1. The molecule has 1 aliphatic heterocycles. The van der Waals surface area contributed by atoms with E-state index in [9.17, 15) is 9.90 Å². The Balaban J connectivity index is 1.60. The summed E-state index contributed by atoms with van der Waals surface area (Å²) < 4.78 is 0. The molecule has 1 N–H and O–H groups in total. The first kappa shape index (κ1) is 21.3. The summed E-state index contributed by atoms with van der Waals surface area (Å²) >= 11 is 0. The Bertz CT molecular complexity index is 650. The Morgan fingerprint density at radius 1 is 1.11 bits per heavy atom. The molecule has 1 aliphatic carbocycles. The van der Waals surface area contributed by atoms with Crippen molar-refractivity contribution < 1.29 is 9.90 Å². The molecule has 3 rings (SSSR count). The number of hydrogen-bond acceptors (Lipinski definition) is 3. The van der Waals surface area contributed by atoms with Gasteiger partial charge in [0.05, 0.1) is 0 Å². The molecular weight excluding hydrogens is 346 g/mol. The van der Waals surface area contributed by atoms with Gasteiger partial charge in [-0.2, -0.15) is 0 Å². The van der Waals surface area contributed by atoms with Crippen molar-refractivity contribution in [3.63, 3.8) is 0 Å². The summed E-state index contributed by atoms with van der Waals surface area (Å²) in [5.74, 6) is 0.531. The number of allylic oxidation sites excluding steroid dienone is 1. The molecular formula is C25H37NO2. The van der Waals surface area contributed by atoms with Crippen molar-refractivity contribution in [2.45, 2.75) is 70.8 Å². The molecule has 0 aromatic heterocycles. The highest BCUT2D eigenvalue weighted by molar-refractivity contribution is 5.89. The number of piperidine rings is 1. The van der Waals surface area contributed by atoms with E-state index in [4.69, 9.17) is 0 Å². The molecule has 154 valence electrons. The fourth-order valence-corrected chi connectivity index (χ4v) is 5.03. The number of carbonyl (C=O) groups is 1. The summed E-state index contributed by atoms with van der Waals surface area (Å²) in [5.41, 5.74) is 0.886. The number of benzene rings is 1. The molecule has 2 aliphatic rings. The predicted octanol–water partition coefficient (Wildman–Crippen LogP) is 5.09. The zero-order valence-electron chi connectivity index (χ0n) is 17.7. The van der Waals surface area contributed by atoms with Crippen molar-refractivity contribution in [1.82, 2.24) is 4.90 Å². The zero-order valence-corrected chi connectivity index (χ0v) is 17.7. The summed E-state index contributed by atoms with van der Waals surface area (Å²) in [6.07, 6.45) is 10.2. The third kappa shape index (κ3) is 5.12. The topological polar surface area (TPSA) is 40.5 Å². The number of rotatable bonds is 8. The van der Waals surface area contributed by atoms with Gasteiger partial charge in [-0.05, 0) is 76.4 Å². The maximum atomic E-state index is 13.4. The largest absolute Gasteiger partial charge is 0.377 e. The Kier molecular flexibility index (Phi) is 7.48. The maximum Gasteiger partial charge on any atom is 0.169 e. The van der Waals surface area contributed by atoms with Crippen molar-refractivity contribution in [1.29, 1.82) is 0 Å². The third-order valence-corrected chi connectivity index (χ3v) is 6.76. The molecule has 1 saturated heterocycles. The molecule has 3 nitrogen and oxygen atoms in total. The first-order valence-corrected chi connectivity index (χ1v) is 11.2. The van der Waals surface area contributed by atoms with Crippen LogP contribution in [0.3, 0.4) is 0 Å². The molecule has 0 bridgehead atoms. The highest BCUT2D eigenvalue weighted by Crippen LogP contribution is 2.42. The molecule has 0 radical (unpaired) electrons. The summed E-state index contributed by atoms with van der Waals surface area (Å²) in [5, 5.41) is 11.6. The number of Topliss-reactive ketones (excluding diaryl/α,β-unsaturated/α-hetero) is 1. The second-order valence-electron chi connectivity index (χ2n) is 9.10. The summed E-state index contributed by atoms with van der Waals surface area (Å²) in [4.78, 5) is 15.9. The molecule has 0 amide bonds. The third-order valence-electron chi connectivity index (χ3n) is 6.76. The van der Waals surface area contributed by atoms with Gasteiger partial charge in [-0.25, -0.2) is 0 Å². The van der Waals surface area contributed by atoms with E-state index in [1.165, 1.54) is 5.57 Å². The summed E-state index contributed by atoms with van der Waals surface area (Å²) in [6.45, 7) is 7.55. The quantitative estimate of drug-likeness (QED) is 0.636. The maximum absolute atomic E-state index is 13.4. The molecule has 1 heterocycles. The summed E-state index contributed by atoms with van der Waals surface area (Å²) in [7, 11) is 0. The Morgan fingerprint density at radius 3 is 2.36 bits per heavy atom. The zero-order chi connectivity index (χ0) is 20.0. The van der Waals surface area contributed by atoms with Crippen LogP contribution in [0.15, 0.2) is 42.0 Å². The molecule has 28 heavy (non-hydrogen) atoms. The normalized spacial score (nSPS) is 21.4. The van der Waals surface area contributed by atoms with Gasteiger partial charge in [0.2, 0.25) is 0 Å². The van der Waals surface area contributed by atoms with Gasteiger partial charge < -0.3 is 10.0 Å². The Labute approximate surface area is 170 Å². The van der Waals surface area contributed by atoms with E-state index in [0.717, 1.165) is 70.1 Å². The molecule has 1 aromatic carbocycles. The first-order chi connectivity index (χ1) is 13.5. The lowest BCUT2D eigenvalue weighted by Gasteiger charge is -2.36. The van der Waals surface area contributed by atoms with Gasteiger partial charge in [-0.1, -0.05) is 54.8 Å². The van der Waals surface area contributed by atoms with E-state index in [0.29, 0.717) is 12.3 Å². The second kappa shape index (κ2) is 9.84. The number of aliphatic hydroxyl groups is 1. The fraction of sp³-hybridized carbons (Fsp3) is 0.640. The van der Waals surface area contributed by atoms with E-state index < -0.39 is 5.60 Å². The van der Waals surface area contributed by atoms with Crippen molar-refractivity contribution in [2.24, 2.45) is 11.8 Å². The molecule has 2 fully saturated rings. The van der Waals surface area contributed by atoms with E-state index in [-0.39, 0.29) is 11.7 Å². The predicted molar refractivity (Wildman–Crippen MR) is 115 cm³/mol. The monoisotopic (exact) mass is 383 g/mol. The highest BCUT2D eigenvalue weighted by Gasteiger charge is 2.46. The van der Waals surface area contributed by atoms with Gasteiger partial charge in [0.1, 0.15) is 0 Å². The van der Waals surface area contributed by atoms with Gasteiger partial charge in [0, 0.05) is 13.0 Å². The average molecular weight is 384 g/mol. The van der Waals surface area contributed by atoms with Crippen molar-refractivity contribution >= 4 is 5.78 Å². The fourth-order valence-electron chi connectivity index (χ4n) is 5.03. The van der Waals surface area contributed by atoms with Crippen LogP contribution in [0.5, 0.6) is 0 Å². The molecule has 1 atom stereocenters. The number of likely N-dealkylation sites (tertiary alicyclic amines) is 1. The molecule has 1 aromatic rings. The van der Waals surface area contributed by atoms with E-state index in [2.05, 4.69) is 24.8 Å². The van der Waals surface area contributed by atoms with Crippen LogP contribution in [0, 0.1) is 11.8 Å². The molecule has 1 unspecified atom stereocenters. The van der Waals surface area contributed by atoms with Gasteiger partial charge in [-0.15, -0.1) is 0 Å². The Hall–Kier alpha value is -1.45. The SMILES string of the molecule is CC(C)=CCCN1CCC(CC(=O)C(O)(c2ccccc2)C2CCCC2)CC1. The first-order valence-electron chi connectivity index (χ1n) is 11.2. The lowest BCUT2D eigenvalue weighted by atomic mass is 9.74. The second-order valence-corrected chi connectivity index (χ2v) is 9.10. The van der Waals surface area contributed by atoms with Crippen LogP contribution in [-0.2, 0) is 10.4 Å². The minimum Gasteiger partial charge on any atom is -0.377 e. The summed E-state index contributed by atoms with van der Waals surface area (Å²) in [6, 6.07) is 9.69. The van der Waals surface area contributed by atoms with Crippen molar-refractivity contribution in [3.05, 3.63) is 47.5 Å². The average Bonchev–Trinajstić information content (AvgIpc) is 3.24. The van der Waals surface area contributed by atoms with Crippen LogP contribution in [0.1, 0.15) is 70.8 Å². The highest BCUT2D eigenvalue weighted by atomic mass is 16.3. The lowest BCUT2D eigenvalue weighted by Crippen LogP contribution is -2.44. The van der Waals surface area contributed by atoms with Gasteiger partial charge in [0.15, 0.2) is 11.4 Å². The molecule has 1 saturated carbocycles. The smallest absolute Gasteiger partial charge is 0.169 e. The number of nitrogens with zero attached hydrogens (tertiary/aromatic N) is 1. The number of hydrogen-bond donors (Lipinski definition) is 1. The van der Waals surface area contributed by atoms with Gasteiger partial charge >= 0.3 is 0 Å². The standard InChI is InChI=1S/C25H37NO2/c1-20(2)9-8-16-26-17-14-21(15-18-26)19-24(27)25(28,23-12-6-7-13-23)22-10-4-3-5-11-22/h3-5,9-11,21,23,28H,6-8,12-19H2,1-2H3. The van der Waals surface area contributed by atoms with E-state index in [1.807, 2.05) is 30.3 Å². The van der Waals surface area contributed by atoms with Gasteiger partial charge in [-0.3, -0.25) is 4.79 Å². The van der Waals surface area contributed by atoms with Crippen molar-refractivity contribution in [3.8, 4) is 0 Å². The van der Waals surface area contributed by atoms with Crippen molar-refractivity contribution in [2.75, 3.05) is 19.6 Å². The van der Waals surface area contributed by atoms with Gasteiger partial charge in [0.25, 0.3) is 0 Å². The lowest BCUT2D eigenvalue weighted by molar-refractivity contribution is -0.146. The van der Waals surface area contributed by atoms with Crippen LogP contribution in [0.4, 0.5) is 0 Å². The Morgan fingerprint density at radius 2 is 1.75 bits per heavy atom. The minimum absolute atomic E-state index is 0.0496. The van der Waals surface area contributed by atoms with E-state index in [1.54, 1.807) is 0 Å². The number of carbonyl (C=O) groups excluding carboxylic acids is 1. The van der Waals surface area contributed by atoms with E-state index >= 15 is 0 Å². The van der Waals surface area contributed by atoms with Crippen LogP contribution in [-0.4, -0.2) is 35.4 Å². The van der Waals surface area contributed by atoms with Crippen LogP contribution in [0.25, 0.3) is 0 Å². The van der Waals surface area contributed by atoms with Crippen LogP contribution in [0.2, 0.25) is 0 Å². The van der Waals surface area contributed by atoms with Crippen LogP contribution < -0.4 is 0 Å². The molecule has 3 heteroatoms. The minimum atomic E-state index is -1.29. The van der Waals surface area contributed by atoms with Crippen LogP contribution >= 0.6 is 0 Å². The molecule has 0 spiro atoms.